The highest BCUT2D eigenvalue weighted by Gasteiger charge is 2.27. The maximum absolute atomic E-state index is 14.4. The number of hydrogen-bond donors (Lipinski definition) is 0. The highest BCUT2D eigenvalue weighted by Crippen LogP contribution is 2.27. The van der Waals surface area contributed by atoms with E-state index in [1.165, 1.54) is 34.6 Å². The summed E-state index contributed by atoms with van der Waals surface area (Å²) in [5, 5.41) is 11.1. The molecule has 0 aliphatic carbocycles. The van der Waals surface area contributed by atoms with Crippen molar-refractivity contribution in [1.29, 1.82) is 0 Å². The van der Waals surface area contributed by atoms with Crippen molar-refractivity contribution >= 4 is 10.0 Å². The second-order valence-corrected chi connectivity index (χ2v) is 9.32. The summed E-state index contributed by atoms with van der Waals surface area (Å²) in [5.74, 6) is 0.0828. The Morgan fingerprint density at radius 3 is 2.36 bits per heavy atom. The first kappa shape index (κ1) is 22.6. The number of benzene rings is 3. The fourth-order valence-electron chi connectivity index (χ4n) is 3.53. The number of aromatic nitrogens is 4. The summed E-state index contributed by atoms with van der Waals surface area (Å²) < 4.78 is 50.0. The number of ether oxygens (including phenoxy) is 1. The van der Waals surface area contributed by atoms with Crippen LogP contribution in [0.5, 0.6) is 5.75 Å². The van der Waals surface area contributed by atoms with Crippen molar-refractivity contribution in [1.82, 2.24) is 24.5 Å². The van der Waals surface area contributed by atoms with Crippen LogP contribution in [0.25, 0.3) is 5.69 Å². The van der Waals surface area contributed by atoms with Gasteiger partial charge in [0.1, 0.15) is 17.9 Å². The van der Waals surface area contributed by atoms with Crippen molar-refractivity contribution in [2.24, 2.45) is 0 Å². The molecule has 0 unspecified atom stereocenters. The van der Waals surface area contributed by atoms with Gasteiger partial charge in [-0.2, -0.15) is 4.31 Å². The predicted molar refractivity (Wildman–Crippen MR) is 120 cm³/mol. The van der Waals surface area contributed by atoms with Gasteiger partial charge >= 0.3 is 0 Å². The molecule has 0 fully saturated rings. The number of nitrogens with zero attached hydrogens (tertiary/aromatic N) is 5. The van der Waals surface area contributed by atoms with E-state index in [2.05, 4.69) is 15.5 Å². The lowest BCUT2D eigenvalue weighted by Gasteiger charge is -2.24. The molecular weight excluding hydrogens is 445 g/mol. The number of hydrogen-bond acceptors (Lipinski definition) is 6. The fraction of sp³-hybridized carbons (Fsp3) is 0.174. The molecular formula is C23H22FN5O3S. The van der Waals surface area contributed by atoms with Gasteiger partial charge in [0, 0.05) is 24.2 Å². The molecule has 4 aromatic rings. The maximum Gasteiger partial charge on any atom is 0.243 e. The molecule has 10 heteroatoms. The van der Waals surface area contributed by atoms with Gasteiger partial charge in [-0.15, -0.1) is 5.10 Å². The molecule has 0 spiro atoms. The van der Waals surface area contributed by atoms with Crippen LogP contribution in [0.3, 0.4) is 0 Å². The minimum Gasteiger partial charge on any atom is -0.496 e. The third kappa shape index (κ3) is 4.76. The van der Waals surface area contributed by atoms with Crippen molar-refractivity contribution in [3.05, 3.63) is 95.6 Å². The molecule has 0 atom stereocenters. The van der Waals surface area contributed by atoms with Crippen LogP contribution in [0.2, 0.25) is 0 Å². The third-order valence-corrected chi connectivity index (χ3v) is 7.03. The zero-order valence-electron chi connectivity index (χ0n) is 18.1. The van der Waals surface area contributed by atoms with Gasteiger partial charge in [-0.3, -0.25) is 0 Å². The van der Waals surface area contributed by atoms with Gasteiger partial charge < -0.3 is 4.74 Å². The average molecular weight is 468 g/mol. The fourth-order valence-corrected chi connectivity index (χ4v) is 5.01. The van der Waals surface area contributed by atoms with Crippen LogP contribution in [0.1, 0.15) is 16.7 Å². The Balaban J connectivity index is 1.75. The monoisotopic (exact) mass is 467 g/mol. The van der Waals surface area contributed by atoms with E-state index in [1.54, 1.807) is 61.5 Å². The van der Waals surface area contributed by atoms with E-state index >= 15 is 0 Å². The summed E-state index contributed by atoms with van der Waals surface area (Å²) in [6.45, 7) is 1.65. The molecule has 0 amide bonds. The quantitative estimate of drug-likeness (QED) is 0.394. The molecule has 0 aliphatic rings. The third-order valence-electron chi connectivity index (χ3n) is 5.25. The van der Waals surface area contributed by atoms with Gasteiger partial charge in [0.15, 0.2) is 0 Å². The molecule has 0 N–H and O–H groups in total. The van der Waals surface area contributed by atoms with Crippen molar-refractivity contribution in [3.63, 3.8) is 0 Å². The van der Waals surface area contributed by atoms with E-state index in [-0.39, 0.29) is 23.5 Å². The number of methoxy groups -OCH3 is 1. The van der Waals surface area contributed by atoms with Crippen LogP contribution >= 0.6 is 0 Å². The Labute approximate surface area is 191 Å². The van der Waals surface area contributed by atoms with Crippen molar-refractivity contribution in [3.8, 4) is 11.4 Å². The molecule has 170 valence electrons. The average Bonchev–Trinajstić information content (AvgIpc) is 3.35. The zero-order valence-corrected chi connectivity index (χ0v) is 18.9. The molecule has 33 heavy (non-hydrogen) atoms. The van der Waals surface area contributed by atoms with Crippen LogP contribution in [-0.2, 0) is 23.1 Å². The predicted octanol–water partition coefficient (Wildman–Crippen LogP) is 3.51. The van der Waals surface area contributed by atoms with Crippen LogP contribution < -0.4 is 4.74 Å². The van der Waals surface area contributed by atoms with Crippen molar-refractivity contribution < 1.29 is 17.5 Å². The summed E-state index contributed by atoms with van der Waals surface area (Å²) in [5.41, 5.74) is 2.27. The molecule has 0 aliphatic heterocycles. The molecule has 3 aromatic carbocycles. The summed E-state index contributed by atoms with van der Waals surface area (Å²) >= 11 is 0. The van der Waals surface area contributed by atoms with E-state index in [4.69, 9.17) is 4.74 Å². The normalized spacial score (nSPS) is 11.6. The Bertz CT molecular complexity index is 1360. The number of rotatable bonds is 8. The van der Waals surface area contributed by atoms with Gasteiger partial charge in [-0.1, -0.05) is 36.4 Å². The number of aryl methyl sites for hydroxylation is 1. The molecule has 0 saturated carbocycles. The SMILES string of the molecule is COc1ccccc1CN(Cc1ccccc1F)S(=O)(=O)c1ccc(-n2cnnn2)c(C)c1. The van der Waals surface area contributed by atoms with Crippen LogP contribution in [0.4, 0.5) is 4.39 Å². The first-order chi connectivity index (χ1) is 15.9. The Kier molecular flexibility index (Phi) is 6.47. The Morgan fingerprint density at radius 1 is 1.00 bits per heavy atom. The lowest BCUT2D eigenvalue weighted by molar-refractivity contribution is 0.372. The highest BCUT2D eigenvalue weighted by atomic mass is 32.2. The van der Waals surface area contributed by atoms with E-state index in [0.717, 1.165) is 0 Å². The summed E-state index contributed by atoms with van der Waals surface area (Å²) in [6, 6.07) is 18.0. The smallest absolute Gasteiger partial charge is 0.243 e. The molecule has 1 aromatic heterocycles. The van der Waals surface area contributed by atoms with Crippen LogP contribution in [-0.4, -0.2) is 40.0 Å². The molecule has 0 bridgehead atoms. The summed E-state index contributed by atoms with van der Waals surface area (Å²) in [6.07, 6.45) is 1.43. The van der Waals surface area contributed by atoms with E-state index < -0.39 is 15.8 Å². The van der Waals surface area contributed by atoms with Crippen molar-refractivity contribution in [2.45, 2.75) is 24.9 Å². The van der Waals surface area contributed by atoms with Crippen LogP contribution in [0, 0.1) is 12.7 Å². The number of halogens is 1. The number of sulfonamides is 1. The molecule has 0 radical (unpaired) electrons. The van der Waals surface area contributed by atoms with E-state index in [1.807, 2.05) is 0 Å². The molecule has 4 rings (SSSR count). The minimum atomic E-state index is -4.00. The largest absolute Gasteiger partial charge is 0.496 e. The van der Waals surface area contributed by atoms with Gasteiger partial charge in [-0.25, -0.2) is 17.5 Å². The molecule has 1 heterocycles. The lowest BCUT2D eigenvalue weighted by Crippen LogP contribution is -2.31. The Morgan fingerprint density at radius 2 is 1.70 bits per heavy atom. The lowest BCUT2D eigenvalue weighted by atomic mass is 10.2. The van der Waals surface area contributed by atoms with Gasteiger partial charge in [0.2, 0.25) is 10.0 Å². The maximum atomic E-state index is 14.4. The van der Waals surface area contributed by atoms with Gasteiger partial charge in [0.25, 0.3) is 0 Å². The first-order valence-corrected chi connectivity index (χ1v) is 11.5. The zero-order chi connectivity index (χ0) is 23.4. The topological polar surface area (TPSA) is 90.2 Å². The second kappa shape index (κ2) is 9.47. The second-order valence-electron chi connectivity index (χ2n) is 7.38. The number of para-hydroxylation sites is 1. The van der Waals surface area contributed by atoms with Crippen LogP contribution in [0.15, 0.2) is 78.0 Å². The first-order valence-electron chi connectivity index (χ1n) is 10.1. The standard InChI is InChI=1S/C23H22FN5O3S/c1-17-13-20(11-12-22(17)29-16-25-26-27-29)33(30,31)28(14-18-7-3-5-9-21(18)24)15-19-8-4-6-10-23(19)32-2/h3-13,16H,14-15H2,1-2H3. The number of tetrazole rings is 1. The van der Waals surface area contributed by atoms with Gasteiger partial charge in [-0.05, 0) is 53.2 Å². The summed E-state index contributed by atoms with van der Waals surface area (Å²) in [7, 11) is -2.47. The van der Waals surface area contributed by atoms with E-state index in [9.17, 15) is 12.8 Å². The van der Waals surface area contributed by atoms with Gasteiger partial charge in [0.05, 0.1) is 17.7 Å². The molecule has 0 saturated heterocycles. The minimum absolute atomic E-state index is 0.00841. The Hall–Kier alpha value is -3.63. The van der Waals surface area contributed by atoms with E-state index in [0.29, 0.717) is 22.6 Å². The highest BCUT2D eigenvalue weighted by molar-refractivity contribution is 7.89. The summed E-state index contributed by atoms with van der Waals surface area (Å²) in [4.78, 5) is 0.0862. The van der Waals surface area contributed by atoms with Crippen molar-refractivity contribution in [2.75, 3.05) is 7.11 Å². The molecule has 8 nitrogen and oxygen atoms in total.